The highest BCUT2D eigenvalue weighted by atomic mass is 16.5. The molecule has 0 spiro atoms. The van der Waals surface area contributed by atoms with Crippen LogP contribution < -0.4 is 0 Å². The van der Waals surface area contributed by atoms with E-state index in [0.717, 1.165) is 25.0 Å². The predicted molar refractivity (Wildman–Crippen MR) is 133 cm³/mol. The second kappa shape index (κ2) is 14.3. The van der Waals surface area contributed by atoms with Gasteiger partial charge in [0, 0.05) is 25.7 Å². The van der Waals surface area contributed by atoms with E-state index in [0.29, 0.717) is 0 Å². The Morgan fingerprint density at radius 3 is 1.11 bits per heavy atom. The average molecular weight is 537 g/mol. The van der Waals surface area contributed by atoms with E-state index in [1.807, 2.05) is 0 Å². The molecule has 1 rings (SSSR count). The molecular weight excluding hydrogens is 504 g/mol. The Morgan fingerprint density at radius 1 is 0.579 bits per heavy atom. The Morgan fingerprint density at radius 2 is 0.868 bits per heavy atom. The quantitative estimate of drug-likeness (QED) is 0.132. The topological polar surface area (TPSA) is 186 Å². The van der Waals surface area contributed by atoms with Crippen LogP contribution in [0.1, 0.15) is 25.7 Å². The Balaban J connectivity index is 4.43. The molecule has 1 aliphatic rings. The van der Waals surface area contributed by atoms with Crippen LogP contribution in [0.25, 0.3) is 0 Å². The monoisotopic (exact) mass is 536 g/mol. The molecule has 4 N–H and O–H groups in total. The SMILES string of the molecule is C=COCCC1=C(C(=O)O)C(C(=O)O)=C(CCOC=C)C(CCOC=C)(C(=O)O)C1(CCOC=C)C(=O)O. The predicted octanol–water partition coefficient (Wildman–Crippen LogP) is 3.11. The third kappa shape index (κ3) is 5.90. The summed E-state index contributed by atoms with van der Waals surface area (Å²) in [4.78, 5) is 51.7. The van der Waals surface area contributed by atoms with Gasteiger partial charge in [0.15, 0.2) is 0 Å². The van der Waals surface area contributed by atoms with Crippen LogP contribution in [-0.2, 0) is 38.1 Å². The minimum Gasteiger partial charge on any atom is -0.502 e. The first-order valence-corrected chi connectivity index (χ1v) is 11.4. The summed E-state index contributed by atoms with van der Waals surface area (Å²) in [5.41, 5.74) is -7.65. The molecule has 0 saturated carbocycles. The van der Waals surface area contributed by atoms with Crippen molar-refractivity contribution in [2.24, 2.45) is 10.8 Å². The summed E-state index contributed by atoms with van der Waals surface area (Å²) in [5, 5.41) is 41.9. The van der Waals surface area contributed by atoms with Crippen molar-refractivity contribution in [3.8, 4) is 0 Å². The van der Waals surface area contributed by atoms with Gasteiger partial charge in [0.2, 0.25) is 0 Å². The summed E-state index contributed by atoms with van der Waals surface area (Å²) in [6, 6.07) is 0. The van der Waals surface area contributed by atoms with Crippen molar-refractivity contribution in [2.75, 3.05) is 26.4 Å². The van der Waals surface area contributed by atoms with Crippen LogP contribution in [0.2, 0.25) is 0 Å². The lowest BCUT2D eigenvalue weighted by atomic mass is 9.48. The Kier molecular flexibility index (Phi) is 11.9. The zero-order valence-corrected chi connectivity index (χ0v) is 20.8. The van der Waals surface area contributed by atoms with E-state index >= 15 is 0 Å². The van der Waals surface area contributed by atoms with Gasteiger partial charge in [-0.1, -0.05) is 26.3 Å². The highest BCUT2D eigenvalue weighted by Gasteiger charge is 2.68. The molecule has 0 radical (unpaired) electrons. The van der Waals surface area contributed by atoms with E-state index < -0.39 is 82.7 Å². The molecule has 0 aromatic rings. The van der Waals surface area contributed by atoms with E-state index in [2.05, 4.69) is 26.3 Å². The van der Waals surface area contributed by atoms with Gasteiger partial charge in [0.05, 0.1) is 62.6 Å². The summed E-state index contributed by atoms with van der Waals surface area (Å²) >= 11 is 0. The summed E-state index contributed by atoms with van der Waals surface area (Å²) in [6.45, 7) is 12.2. The maximum Gasteiger partial charge on any atom is 0.336 e. The van der Waals surface area contributed by atoms with Crippen LogP contribution >= 0.6 is 0 Å². The third-order valence-electron chi connectivity index (χ3n) is 6.37. The van der Waals surface area contributed by atoms with E-state index in [-0.39, 0.29) is 26.4 Å². The third-order valence-corrected chi connectivity index (χ3v) is 6.37. The zero-order valence-electron chi connectivity index (χ0n) is 20.8. The fourth-order valence-electron chi connectivity index (χ4n) is 5.04. The number of ether oxygens (including phenoxy) is 4. The van der Waals surface area contributed by atoms with Crippen molar-refractivity contribution in [1.82, 2.24) is 0 Å². The van der Waals surface area contributed by atoms with Crippen molar-refractivity contribution in [3.63, 3.8) is 0 Å². The number of hydrogen-bond donors (Lipinski definition) is 4. The standard InChI is InChI=1S/C26H32O12/c1-5-35-13-9-17-19(21(27)28)20(22(29)30)18(10-14-36-6-2)26(24(33)34,12-16-38-8-4)25(17,23(31)32)11-15-37-7-3/h5-8H,1-4,9-16H2,(H,27,28)(H,29,30)(H,31,32)(H,33,34). The fraction of sp³-hybridized carbons (Fsp3) is 0.385. The number of carbonyl (C=O) groups is 4. The highest BCUT2D eigenvalue weighted by molar-refractivity contribution is 6.11. The number of hydrogen-bond acceptors (Lipinski definition) is 8. The molecule has 0 aliphatic heterocycles. The van der Waals surface area contributed by atoms with E-state index in [1.54, 1.807) is 0 Å². The minimum absolute atomic E-state index is 0.312. The molecule has 0 aromatic carbocycles. The smallest absolute Gasteiger partial charge is 0.336 e. The van der Waals surface area contributed by atoms with Crippen molar-refractivity contribution < 1.29 is 58.6 Å². The van der Waals surface area contributed by atoms with Crippen LogP contribution in [0.15, 0.2) is 73.7 Å². The van der Waals surface area contributed by atoms with Gasteiger partial charge < -0.3 is 39.4 Å². The Bertz CT molecular complexity index is 955. The number of aliphatic carboxylic acids is 4. The van der Waals surface area contributed by atoms with Crippen molar-refractivity contribution in [3.05, 3.63) is 73.7 Å². The molecule has 0 aromatic heterocycles. The van der Waals surface area contributed by atoms with Crippen LogP contribution in [0.4, 0.5) is 0 Å². The van der Waals surface area contributed by atoms with Gasteiger partial charge >= 0.3 is 23.9 Å². The first kappa shape index (κ1) is 31.5. The van der Waals surface area contributed by atoms with Gasteiger partial charge in [-0.15, -0.1) is 0 Å². The van der Waals surface area contributed by atoms with Crippen LogP contribution in [0.5, 0.6) is 0 Å². The lowest BCUT2D eigenvalue weighted by Gasteiger charge is -2.51. The largest absolute Gasteiger partial charge is 0.502 e. The maximum absolute atomic E-state index is 13.3. The molecule has 208 valence electrons. The lowest BCUT2D eigenvalue weighted by Crippen LogP contribution is -2.59. The molecule has 12 heteroatoms. The first-order valence-electron chi connectivity index (χ1n) is 11.4. The fourth-order valence-corrected chi connectivity index (χ4v) is 5.04. The number of carboxylic acid groups (broad SMARTS) is 4. The van der Waals surface area contributed by atoms with Crippen LogP contribution in [0, 0.1) is 10.8 Å². The van der Waals surface area contributed by atoms with Gasteiger partial charge in [-0.05, 0) is 11.1 Å². The molecule has 0 fully saturated rings. The van der Waals surface area contributed by atoms with Crippen LogP contribution in [0.3, 0.4) is 0 Å². The molecule has 2 unspecified atom stereocenters. The second-order valence-electron chi connectivity index (χ2n) is 7.89. The Labute approximate surface area is 219 Å². The minimum atomic E-state index is -2.52. The molecule has 1 aliphatic carbocycles. The van der Waals surface area contributed by atoms with Gasteiger partial charge in [0.25, 0.3) is 0 Å². The summed E-state index contributed by atoms with van der Waals surface area (Å²) in [7, 11) is 0. The van der Waals surface area contributed by atoms with Crippen LogP contribution in [-0.4, -0.2) is 70.7 Å². The molecule has 2 atom stereocenters. The Hall–Kier alpha value is -4.48. The molecule has 0 heterocycles. The van der Waals surface area contributed by atoms with Crippen molar-refractivity contribution in [1.29, 1.82) is 0 Å². The zero-order chi connectivity index (χ0) is 28.9. The molecule has 0 saturated heterocycles. The molecular formula is C26H32O12. The maximum atomic E-state index is 13.3. The molecule has 12 nitrogen and oxygen atoms in total. The average Bonchev–Trinajstić information content (AvgIpc) is 2.85. The number of carboxylic acids is 4. The number of rotatable bonds is 20. The first-order chi connectivity index (χ1) is 18.0. The summed E-state index contributed by atoms with van der Waals surface area (Å²) in [6.07, 6.45) is 2.07. The lowest BCUT2D eigenvalue weighted by molar-refractivity contribution is -0.171. The van der Waals surface area contributed by atoms with Gasteiger partial charge in [0.1, 0.15) is 10.8 Å². The van der Waals surface area contributed by atoms with Gasteiger partial charge in [-0.3, -0.25) is 9.59 Å². The summed E-state index contributed by atoms with van der Waals surface area (Å²) in [5.74, 6) is -6.92. The van der Waals surface area contributed by atoms with Gasteiger partial charge in [-0.25, -0.2) is 9.59 Å². The van der Waals surface area contributed by atoms with Crippen molar-refractivity contribution in [2.45, 2.75) is 25.7 Å². The van der Waals surface area contributed by atoms with Gasteiger partial charge in [-0.2, -0.15) is 0 Å². The summed E-state index contributed by atoms with van der Waals surface area (Å²) < 4.78 is 20.5. The van der Waals surface area contributed by atoms with E-state index in [9.17, 15) is 39.6 Å². The normalized spacial score (nSPS) is 20.6. The second-order valence-corrected chi connectivity index (χ2v) is 7.89. The molecule has 0 amide bonds. The molecule has 38 heavy (non-hydrogen) atoms. The van der Waals surface area contributed by atoms with E-state index in [4.69, 9.17) is 18.9 Å². The van der Waals surface area contributed by atoms with Crippen molar-refractivity contribution >= 4 is 23.9 Å². The molecule has 0 bridgehead atoms. The highest BCUT2D eigenvalue weighted by Crippen LogP contribution is 2.62. The van der Waals surface area contributed by atoms with E-state index in [1.165, 1.54) is 0 Å².